The molecule has 0 radical (unpaired) electrons. The fraction of sp³-hybridized carbons (Fsp3) is 0.744. The predicted molar refractivity (Wildman–Crippen MR) is 214 cm³/mol. The Hall–Kier alpha value is -4.38. The van der Waals surface area contributed by atoms with Crippen molar-refractivity contribution >= 4 is 41.6 Å². The van der Waals surface area contributed by atoms with E-state index in [4.69, 9.17) is 18.9 Å². The minimum absolute atomic E-state index is 0.140. The average molecular weight is 850 g/mol. The number of nitrogens with one attached hydrogen (secondary N) is 2. The summed E-state index contributed by atoms with van der Waals surface area (Å²) in [6, 6.07) is -1.24. The lowest BCUT2D eigenvalue weighted by atomic mass is 9.44. The number of aliphatic hydroxyl groups is 1. The number of methoxy groups -OCH3 is 1. The van der Waals surface area contributed by atoms with Crippen molar-refractivity contribution in [1.82, 2.24) is 15.5 Å². The molecule has 0 spiro atoms. The molecular formula is C43H64FN3O13. The number of carboxylic acid groups (broad SMARTS) is 1. The molecule has 0 aliphatic heterocycles. The van der Waals surface area contributed by atoms with E-state index in [0.717, 1.165) is 4.90 Å². The van der Waals surface area contributed by atoms with Gasteiger partial charge in [-0.2, -0.15) is 0 Å². The van der Waals surface area contributed by atoms with Crippen molar-refractivity contribution in [2.45, 2.75) is 142 Å². The van der Waals surface area contributed by atoms with E-state index >= 15 is 4.39 Å². The number of alkyl carbamates (subject to hydrolysis) is 1. The number of carboxylic acids is 1. The van der Waals surface area contributed by atoms with E-state index in [1.54, 1.807) is 61.5 Å². The Bertz CT molecular complexity index is 1770. The third-order valence-electron chi connectivity index (χ3n) is 12.8. The number of fused-ring (bicyclic) bond motifs is 5. The Balaban J connectivity index is 1.46. The summed E-state index contributed by atoms with van der Waals surface area (Å²) < 4.78 is 39.9. The van der Waals surface area contributed by atoms with Gasteiger partial charge in [-0.1, -0.05) is 25.5 Å². The first-order valence-electron chi connectivity index (χ1n) is 20.7. The van der Waals surface area contributed by atoms with Crippen molar-refractivity contribution < 1.29 is 67.1 Å². The van der Waals surface area contributed by atoms with Gasteiger partial charge in [0.05, 0.1) is 12.5 Å². The number of carbonyl (C=O) groups excluding carboxylic acids is 6. The predicted octanol–water partition coefficient (Wildman–Crippen LogP) is 4.60. The van der Waals surface area contributed by atoms with Crippen molar-refractivity contribution in [3.05, 3.63) is 23.8 Å². The lowest BCUT2D eigenvalue weighted by molar-refractivity contribution is -0.224. The summed E-state index contributed by atoms with van der Waals surface area (Å²) in [6.07, 6.45) is 1.07. The van der Waals surface area contributed by atoms with E-state index in [1.165, 1.54) is 19.3 Å². The number of alkyl halides is 1. The Labute approximate surface area is 351 Å². The van der Waals surface area contributed by atoms with E-state index < -0.39 is 112 Å². The number of hydrogen-bond acceptors (Lipinski definition) is 12. The minimum atomic E-state index is -2.12. The molecule has 9 atom stereocenters. The molecule has 4 aliphatic carbocycles. The average Bonchev–Trinajstić information content (AvgIpc) is 3.34. The van der Waals surface area contributed by atoms with Gasteiger partial charge in [0, 0.05) is 49.9 Å². The van der Waals surface area contributed by atoms with Gasteiger partial charge < -0.3 is 44.7 Å². The van der Waals surface area contributed by atoms with E-state index in [2.05, 4.69) is 10.6 Å². The third kappa shape index (κ3) is 9.72. The topological polar surface area (TPSA) is 224 Å². The number of carbonyl (C=O) groups is 7. The molecule has 3 saturated carbocycles. The number of ketones is 2. The minimum Gasteiger partial charge on any atom is -0.481 e. The fourth-order valence-corrected chi connectivity index (χ4v) is 10.3. The highest BCUT2D eigenvalue weighted by atomic mass is 19.1. The summed E-state index contributed by atoms with van der Waals surface area (Å²) >= 11 is 0. The Kier molecular flexibility index (Phi) is 14.4. The van der Waals surface area contributed by atoms with Gasteiger partial charge in [-0.15, -0.1) is 0 Å². The molecule has 3 amide bonds. The highest BCUT2D eigenvalue weighted by Crippen LogP contribution is 2.71. The van der Waals surface area contributed by atoms with Crippen LogP contribution in [-0.4, -0.2) is 125 Å². The van der Waals surface area contributed by atoms with Gasteiger partial charge in [-0.3, -0.25) is 24.0 Å². The second-order valence-corrected chi connectivity index (χ2v) is 19.1. The van der Waals surface area contributed by atoms with Gasteiger partial charge in [0.2, 0.25) is 11.7 Å². The summed E-state index contributed by atoms with van der Waals surface area (Å²) in [6.45, 7) is 13.7. The van der Waals surface area contributed by atoms with Crippen molar-refractivity contribution in [2.75, 3.05) is 33.4 Å². The molecular weight excluding hydrogens is 785 g/mol. The lowest BCUT2D eigenvalue weighted by Crippen LogP contribution is -2.69. The van der Waals surface area contributed by atoms with Crippen LogP contribution in [0.2, 0.25) is 0 Å². The van der Waals surface area contributed by atoms with Crippen LogP contribution >= 0.6 is 0 Å². The molecule has 3 fully saturated rings. The first-order valence-corrected chi connectivity index (χ1v) is 20.7. The molecule has 4 rings (SSSR count). The SMILES string of the molecule is CO[C@]1(C(=O)COC(=O)N(CCNC(=O)[C@H](CCC(=O)OC(C)(C)C)NC(=O)OC(C)(C)C)CCC(=O)O)[C@H](C)C[C@H]2[C@@H]3CCC4=CC(=O)C=C[C@]4(C)[C@@]3(F)[C@@H](O)C[C@@]21C. The van der Waals surface area contributed by atoms with E-state index in [1.807, 2.05) is 6.92 Å². The molecule has 16 nitrogen and oxygen atoms in total. The monoisotopic (exact) mass is 849 g/mol. The maximum absolute atomic E-state index is 17.7. The maximum atomic E-state index is 17.7. The zero-order valence-electron chi connectivity index (χ0n) is 36.6. The van der Waals surface area contributed by atoms with Crippen molar-refractivity contribution in [2.24, 2.45) is 28.6 Å². The summed E-state index contributed by atoms with van der Waals surface area (Å²) in [5.41, 5.74) is -7.06. The number of halogens is 1. The molecule has 0 heterocycles. The van der Waals surface area contributed by atoms with Gasteiger partial charge >= 0.3 is 24.1 Å². The lowest BCUT2D eigenvalue weighted by Gasteiger charge is -2.63. The smallest absolute Gasteiger partial charge is 0.410 e. The Morgan fingerprint density at radius 1 is 1.00 bits per heavy atom. The number of Topliss-reactive ketones (excluding diaryl/α,β-unsaturated/α-hetero) is 1. The van der Waals surface area contributed by atoms with Crippen LogP contribution in [0.25, 0.3) is 0 Å². The normalized spacial score (nSPS) is 31.3. The molecule has 4 aliphatic rings. The standard InChI is InChI=1S/C43H64FN3O13/c1-25-21-29-28-12-11-26-22-27(48)15-17-40(26,8)42(28,44)31(49)23-41(29,9)43(25,57-10)32(50)24-58-37(56)47(19-16-33(51)52)20-18-45-35(54)30(46-36(55)60-39(5,6)7)13-14-34(53)59-38(2,3)4/h15,17,22,25,28-31,49H,11-14,16,18-21,23-24H2,1-10H3,(H,45,54)(H,46,55)(H,51,52)/t25-,28+,29+,30+,31+,40+,41+,42+,43+/m1/s1. The zero-order valence-corrected chi connectivity index (χ0v) is 36.6. The maximum Gasteiger partial charge on any atom is 0.410 e. The van der Waals surface area contributed by atoms with Crippen LogP contribution in [0, 0.1) is 28.6 Å². The summed E-state index contributed by atoms with van der Waals surface area (Å²) in [7, 11) is 1.37. The molecule has 60 heavy (non-hydrogen) atoms. The van der Waals surface area contributed by atoms with Crippen LogP contribution in [-0.2, 0) is 42.9 Å². The quantitative estimate of drug-likeness (QED) is 0.131. The molecule has 0 aromatic rings. The number of ether oxygens (including phenoxy) is 4. The molecule has 336 valence electrons. The second kappa shape index (κ2) is 17.9. The molecule has 0 aromatic carbocycles. The van der Waals surface area contributed by atoms with E-state index in [0.29, 0.717) is 24.8 Å². The Morgan fingerprint density at radius 3 is 2.25 bits per heavy atom. The number of amides is 3. The number of esters is 1. The van der Waals surface area contributed by atoms with Crippen LogP contribution in [0.3, 0.4) is 0 Å². The van der Waals surface area contributed by atoms with Gasteiger partial charge in [0.1, 0.15) is 22.8 Å². The largest absolute Gasteiger partial charge is 0.481 e. The van der Waals surface area contributed by atoms with E-state index in [9.17, 15) is 43.8 Å². The van der Waals surface area contributed by atoms with Crippen LogP contribution in [0.1, 0.15) is 107 Å². The Morgan fingerprint density at radius 2 is 1.65 bits per heavy atom. The van der Waals surface area contributed by atoms with Crippen LogP contribution < -0.4 is 10.6 Å². The summed E-state index contributed by atoms with van der Waals surface area (Å²) in [5, 5.41) is 26.2. The molecule has 0 saturated heterocycles. The number of hydrogen-bond donors (Lipinski definition) is 4. The van der Waals surface area contributed by atoms with Crippen LogP contribution in [0.5, 0.6) is 0 Å². The van der Waals surface area contributed by atoms with E-state index in [-0.39, 0.29) is 44.7 Å². The van der Waals surface area contributed by atoms with Crippen molar-refractivity contribution in [3.8, 4) is 0 Å². The van der Waals surface area contributed by atoms with Crippen molar-refractivity contribution in [3.63, 3.8) is 0 Å². The number of aliphatic carboxylic acids is 1. The van der Waals surface area contributed by atoms with Crippen LogP contribution in [0.15, 0.2) is 23.8 Å². The van der Waals surface area contributed by atoms with Gasteiger partial charge in [0.15, 0.2) is 18.1 Å². The third-order valence-corrected chi connectivity index (χ3v) is 12.8. The highest BCUT2D eigenvalue weighted by Gasteiger charge is 2.76. The zero-order chi connectivity index (χ0) is 45.2. The summed E-state index contributed by atoms with van der Waals surface area (Å²) in [4.78, 5) is 91.0. The first kappa shape index (κ1) is 48.3. The number of rotatable bonds is 15. The molecule has 17 heteroatoms. The first-order chi connectivity index (χ1) is 27.6. The molecule has 0 bridgehead atoms. The fourth-order valence-electron chi connectivity index (χ4n) is 10.3. The van der Waals surface area contributed by atoms with Crippen LogP contribution in [0.4, 0.5) is 14.0 Å². The molecule has 0 unspecified atom stereocenters. The number of aliphatic hydroxyl groups excluding tert-OH is 1. The van der Waals surface area contributed by atoms with Crippen molar-refractivity contribution in [1.29, 1.82) is 0 Å². The van der Waals surface area contributed by atoms with Gasteiger partial charge in [-0.25, -0.2) is 14.0 Å². The highest BCUT2D eigenvalue weighted by molar-refractivity contribution is 6.01. The second-order valence-electron chi connectivity index (χ2n) is 19.1. The summed E-state index contributed by atoms with van der Waals surface area (Å²) in [5.74, 6) is -4.95. The van der Waals surface area contributed by atoms with Gasteiger partial charge in [-0.05, 0) is 105 Å². The number of nitrogens with zero attached hydrogens (tertiary/aromatic N) is 1. The number of allylic oxidation sites excluding steroid dienone is 4. The molecule has 4 N–H and O–H groups in total. The van der Waals surface area contributed by atoms with Gasteiger partial charge in [0.25, 0.3) is 0 Å². The molecule has 0 aromatic heterocycles.